The van der Waals surface area contributed by atoms with Crippen molar-refractivity contribution in [1.29, 1.82) is 0 Å². The molecule has 3 amide bonds. The van der Waals surface area contributed by atoms with Gasteiger partial charge < -0.3 is 10.1 Å². The van der Waals surface area contributed by atoms with Gasteiger partial charge in [-0.15, -0.1) is 0 Å². The number of rotatable bonds is 2. The summed E-state index contributed by atoms with van der Waals surface area (Å²) in [5, 5.41) is 4.63. The number of carbonyl (C=O) groups is 3. The lowest BCUT2D eigenvalue weighted by molar-refractivity contribution is -0.125. The summed E-state index contributed by atoms with van der Waals surface area (Å²) < 4.78 is 4.99. The molecule has 6 heteroatoms. The highest BCUT2D eigenvalue weighted by Crippen LogP contribution is 2.10. The Balaban J connectivity index is 2.32. The van der Waals surface area contributed by atoms with Gasteiger partial charge in [-0.05, 0) is 20.8 Å². The van der Waals surface area contributed by atoms with Gasteiger partial charge in [0.25, 0.3) is 0 Å². The summed E-state index contributed by atoms with van der Waals surface area (Å²) in [6, 6.07) is 0. The van der Waals surface area contributed by atoms with Crippen LogP contribution in [0.5, 0.6) is 0 Å². The minimum Gasteiger partial charge on any atom is -0.444 e. The summed E-state index contributed by atoms with van der Waals surface area (Å²) in [6.45, 7) is 5.36. The van der Waals surface area contributed by atoms with Crippen molar-refractivity contribution in [2.75, 3.05) is 6.54 Å². The van der Waals surface area contributed by atoms with Crippen LogP contribution >= 0.6 is 0 Å². The van der Waals surface area contributed by atoms with E-state index in [1.165, 1.54) is 0 Å². The van der Waals surface area contributed by atoms with Crippen molar-refractivity contribution >= 4 is 17.9 Å². The van der Waals surface area contributed by atoms with Gasteiger partial charge in [0.1, 0.15) is 5.60 Å². The molecule has 6 nitrogen and oxygen atoms in total. The number of imide groups is 1. The number of alkyl carbamates (subject to hydrolysis) is 1. The molecule has 1 unspecified atom stereocenters. The van der Waals surface area contributed by atoms with E-state index in [0.29, 0.717) is 0 Å². The Bertz CT molecular complexity index is 319. The van der Waals surface area contributed by atoms with Crippen molar-refractivity contribution < 1.29 is 19.1 Å². The Morgan fingerprint density at radius 2 is 2.12 bits per heavy atom. The highest BCUT2D eigenvalue weighted by Gasteiger charge is 2.31. The quantitative estimate of drug-likeness (QED) is 0.660. The third kappa shape index (κ3) is 3.88. The first-order valence-corrected chi connectivity index (χ1v) is 5.08. The zero-order chi connectivity index (χ0) is 12.3. The number of ether oxygens (including phenoxy) is 1. The first kappa shape index (κ1) is 12.5. The molecule has 0 aromatic rings. The van der Waals surface area contributed by atoms with Crippen molar-refractivity contribution in [1.82, 2.24) is 10.6 Å². The van der Waals surface area contributed by atoms with Crippen LogP contribution in [0.4, 0.5) is 4.79 Å². The fraction of sp³-hybridized carbons (Fsp3) is 0.700. The Labute approximate surface area is 93.7 Å². The second-order valence-electron chi connectivity index (χ2n) is 4.70. The maximum atomic E-state index is 11.3. The van der Waals surface area contributed by atoms with Gasteiger partial charge in [-0.3, -0.25) is 14.9 Å². The molecule has 90 valence electrons. The van der Waals surface area contributed by atoms with Crippen LogP contribution in [0.15, 0.2) is 0 Å². The molecule has 0 aromatic carbocycles. The number of hydrogen-bond acceptors (Lipinski definition) is 4. The molecule has 16 heavy (non-hydrogen) atoms. The van der Waals surface area contributed by atoms with Gasteiger partial charge in [0.05, 0.1) is 5.92 Å². The van der Waals surface area contributed by atoms with Gasteiger partial charge >= 0.3 is 6.09 Å². The van der Waals surface area contributed by atoms with E-state index in [9.17, 15) is 14.4 Å². The summed E-state index contributed by atoms with van der Waals surface area (Å²) in [6.07, 6.45) is -0.464. The first-order valence-electron chi connectivity index (χ1n) is 5.08. The Morgan fingerprint density at radius 1 is 1.50 bits per heavy atom. The van der Waals surface area contributed by atoms with Crippen LogP contribution in [0.25, 0.3) is 0 Å². The SMILES string of the molecule is CC(C)(C)OC(=O)NCC1CC(=O)NC1=O. The van der Waals surface area contributed by atoms with Gasteiger partial charge in [0.15, 0.2) is 0 Å². The van der Waals surface area contributed by atoms with Crippen LogP contribution < -0.4 is 10.6 Å². The lowest BCUT2D eigenvalue weighted by Gasteiger charge is -2.20. The summed E-state index contributed by atoms with van der Waals surface area (Å²) in [7, 11) is 0. The number of nitrogens with one attached hydrogen (secondary N) is 2. The maximum absolute atomic E-state index is 11.3. The zero-order valence-corrected chi connectivity index (χ0v) is 9.62. The van der Waals surface area contributed by atoms with E-state index in [0.717, 1.165) is 0 Å². The zero-order valence-electron chi connectivity index (χ0n) is 9.62. The summed E-state index contributed by atoms with van der Waals surface area (Å²) in [5.41, 5.74) is -0.572. The number of carbonyl (C=O) groups excluding carboxylic acids is 3. The molecule has 0 saturated carbocycles. The third-order valence-electron chi connectivity index (χ3n) is 1.96. The molecule has 1 rings (SSSR count). The average molecular weight is 228 g/mol. The molecule has 1 aliphatic heterocycles. The molecule has 0 radical (unpaired) electrons. The van der Waals surface area contributed by atoms with Crippen LogP contribution in [-0.2, 0) is 14.3 Å². The van der Waals surface area contributed by atoms with Crippen molar-refractivity contribution in [2.24, 2.45) is 5.92 Å². The van der Waals surface area contributed by atoms with Crippen molar-refractivity contribution in [3.05, 3.63) is 0 Å². The van der Waals surface area contributed by atoms with E-state index < -0.39 is 17.6 Å². The van der Waals surface area contributed by atoms with Crippen molar-refractivity contribution in [2.45, 2.75) is 32.8 Å². The van der Waals surface area contributed by atoms with Crippen LogP contribution in [0.1, 0.15) is 27.2 Å². The topological polar surface area (TPSA) is 84.5 Å². The van der Waals surface area contributed by atoms with Crippen molar-refractivity contribution in [3.63, 3.8) is 0 Å². The van der Waals surface area contributed by atoms with E-state index in [-0.39, 0.29) is 24.8 Å². The molecule has 0 bridgehead atoms. The predicted octanol–water partition coefficient (Wildman–Crippen LogP) is 0.174. The van der Waals surface area contributed by atoms with Gasteiger partial charge in [-0.1, -0.05) is 0 Å². The van der Waals surface area contributed by atoms with E-state index in [1.54, 1.807) is 20.8 Å². The average Bonchev–Trinajstić information content (AvgIpc) is 2.38. The predicted molar refractivity (Wildman–Crippen MR) is 55.5 cm³/mol. The van der Waals surface area contributed by atoms with Gasteiger partial charge in [0.2, 0.25) is 11.8 Å². The standard InChI is InChI=1S/C10H16N2O4/c1-10(2,3)16-9(15)11-5-6-4-7(13)12-8(6)14/h6H,4-5H2,1-3H3,(H,11,15)(H,12,13,14). The largest absolute Gasteiger partial charge is 0.444 e. The van der Waals surface area contributed by atoms with Gasteiger partial charge in [0, 0.05) is 13.0 Å². The maximum Gasteiger partial charge on any atom is 0.407 e. The Hall–Kier alpha value is -1.59. The molecule has 1 heterocycles. The highest BCUT2D eigenvalue weighted by atomic mass is 16.6. The Morgan fingerprint density at radius 3 is 2.56 bits per heavy atom. The number of hydrogen-bond donors (Lipinski definition) is 2. The molecule has 0 aliphatic carbocycles. The molecular formula is C10H16N2O4. The van der Waals surface area contributed by atoms with Gasteiger partial charge in [-0.2, -0.15) is 0 Å². The molecule has 0 aromatic heterocycles. The molecule has 0 spiro atoms. The minimum absolute atomic E-state index is 0.118. The van der Waals surface area contributed by atoms with Crippen LogP contribution in [0, 0.1) is 5.92 Å². The van der Waals surface area contributed by atoms with E-state index in [2.05, 4.69) is 10.6 Å². The normalized spacial score (nSPS) is 20.6. The second-order valence-corrected chi connectivity index (χ2v) is 4.70. The molecule has 1 saturated heterocycles. The molecular weight excluding hydrogens is 212 g/mol. The monoisotopic (exact) mass is 228 g/mol. The fourth-order valence-electron chi connectivity index (χ4n) is 1.29. The summed E-state index contributed by atoms with van der Waals surface area (Å²) >= 11 is 0. The summed E-state index contributed by atoms with van der Waals surface area (Å²) in [4.78, 5) is 33.3. The lowest BCUT2D eigenvalue weighted by atomic mass is 10.1. The minimum atomic E-state index is -0.584. The first-order chi connectivity index (χ1) is 7.28. The fourth-order valence-corrected chi connectivity index (χ4v) is 1.29. The molecule has 1 aliphatic rings. The smallest absolute Gasteiger partial charge is 0.407 e. The number of amides is 3. The Kier molecular flexibility index (Phi) is 3.51. The second kappa shape index (κ2) is 4.51. The highest BCUT2D eigenvalue weighted by molar-refractivity contribution is 6.03. The van der Waals surface area contributed by atoms with Crippen molar-refractivity contribution in [3.8, 4) is 0 Å². The molecule has 1 atom stereocenters. The van der Waals surface area contributed by atoms with Crippen LogP contribution in [-0.4, -0.2) is 30.1 Å². The molecule has 2 N–H and O–H groups in total. The van der Waals surface area contributed by atoms with Crippen LogP contribution in [0.2, 0.25) is 0 Å². The van der Waals surface area contributed by atoms with E-state index in [4.69, 9.17) is 4.74 Å². The van der Waals surface area contributed by atoms with Gasteiger partial charge in [-0.25, -0.2) is 4.79 Å². The third-order valence-corrected chi connectivity index (χ3v) is 1.96. The van der Waals surface area contributed by atoms with E-state index >= 15 is 0 Å². The lowest BCUT2D eigenvalue weighted by Crippen LogP contribution is -2.37. The van der Waals surface area contributed by atoms with Crippen LogP contribution in [0.3, 0.4) is 0 Å². The molecule has 1 fully saturated rings. The van der Waals surface area contributed by atoms with E-state index in [1.807, 2.05) is 0 Å². The summed E-state index contributed by atoms with van der Waals surface area (Å²) in [5.74, 6) is -1.14.